The summed E-state index contributed by atoms with van der Waals surface area (Å²) in [6.07, 6.45) is 0.922. The van der Waals surface area contributed by atoms with Crippen LogP contribution in [0.5, 0.6) is 0 Å². The van der Waals surface area contributed by atoms with Crippen molar-refractivity contribution in [2.75, 3.05) is 11.5 Å². The molecule has 1 amide bonds. The molecule has 19 heavy (non-hydrogen) atoms. The number of aryl methyl sites for hydroxylation is 1. The first-order valence-electron chi connectivity index (χ1n) is 6.47. The number of nitrogens with one attached hydrogen (secondary N) is 1. The second-order valence-electron chi connectivity index (χ2n) is 5.24. The lowest BCUT2D eigenvalue weighted by molar-refractivity contribution is -0.122. The first kappa shape index (κ1) is 14.1. The largest absolute Gasteiger partial charge is 0.352 e. The Balaban J connectivity index is 1.77. The van der Waals surface area contributed by atoms with Gasteiger partial charge in [0.2, 0.25) is 5.91 Å². The molecule has 1 aliphatic rings. The Kier molecular flexibility index (Phi) is 4.24. The fraction of sp³-hybridized carbons (Fsp3) is 0.500. The molecule has 1 heterocycles. The van der Waals surface area contributed by atoms with Crippen LogP contribution in [-0.4, -0.2) is 25.8 Å². The van der Waals surface area contributed by atoms with Crippen molar-refractivity contribution in [2.24, 2.45) is 5.92 Å². The molecule has 2 rings (SSSR count). The zero-order chi connectivity index (χ0) is 13.9. The van der Waals surface area contributed by atoms with E-state index in [1.807, 2.05) is 31.2 Å². The van der Waals surface area contributed by atoms with E-state index in [-0.39, 0.29) is 23.3 Å². The van der Waals surface area contributed by atoms with Crippen molar-refractivity contribution < 1.29 is 13.2 Å². The number of hydrogen-bond acceptors (Lipinski definition) is 3. The first-order chi connectivity index (χ1) is 8.94. The molecule has 1 N–H and O–H groups in total. The summed E-state index contributed by atoms with van der Waals surface area (Å²) >= 11 is 0. The lowest BCUT2D eigenvalue weighted by atomic mass is 10.0. The van der Waals surface area contributed by atoms with Gasteiger partial charge in [-0.1, -0.05) is 29.8 Å². The molecule has 104 valence electrons. The number of carbonyl (C=O) groups is 1. The number of sulfone groups is 1. The van der Waals surface area contributed by atoms with E-state index in [0.29, 0.717) is 19.4 Å². The van der Waals surface area contributed by atoms with Gasteiger partial charge in [0.1, 0.15) is 0 Å². The number of hydrogen-bond donors (Lipinski definition) is 1. The summed E-state index contributed by atoms with van der Waals surface area (Å²) < 4.78 is 22.6. The average molecular weight is 281 g/mol. The van der Waals surface area contributed by atoms with Gasteiger partial charge < -0.3 is 5.32 Å². The Hall–Kier alpha value is -1.36. The third kappa shape index (κ3) is 4.35. The molecule has 0 unspecified atom stereocenters. The van der Waals surface area contributed by atoms with Crippen molar-refractivity contribution in [3.63, 3.8) is 0 Å². The van der Waals surface area contributed by atoms with Gasteiger partial charge in [0.15, 0.2) is 9.84 Å². The summed E-state index contributed by atoms with van der Waals surface area (Å²) in [7, 11) is -2.89. The molecule has 1 fully saturated rings. The van der Waals surface area contributed by atoms with Crippen LogP contribution in [0.25, 0.3) is 0 Å². The second kappa shape index (κ2) is 5.74. The molecule has 1 saturated heterocycles. The highest BCUT2D eigenvalue weighted by atomic mass is 32.2. The number of rotatable bonds is 4. The van der Waals surface area contributed by atoms with E-state index in [2.05, 4.69) is 5.32 Å². The van der Waals surface area contributed by atoms with Crippen LogP contribution >= 0.6 is 0 Å². The molecule has 0 aliphatic carbocycles. The van der Waals surface area contributed by atoms with Crippen LogP contribution in [0.2, 0.25) is 0 Å². The molecule has 1 atom stereocenters. The van der Waals surface area contributed by atoms with Crippen molar-refractivity contribution in [3.8, 4) is 0 Å². The maximum Gasteiger partial charge on any atom is 0.220 e. The predicted molar refractivity (Wildman–Crippen MR) is 74.4 cm³/mol. The van der Waals surface area contributed by atoms with E-state index in [9.17, 15) is 13.2 Å². The first-order valence-corrected chi connectivity index (χ1v) is 8.29. The van der Waals surface area contributed by atoms with Crippen LogP contribution in [0.3, 0.4) is 0 Å². The standard InChI is InChI=1S/C14H19NO3S/c1-11-2-4-12(5-3-11)9-15-14(16)8-13-6-7-19(17,18)10-13/h2-5,13H,6-10H2,1H3,(H,15,16)/t13-/m1/s1. The van der Waals surface area contributed by atoms with Crippen LogP contribution in [0.1, 0.15) is 24.0 Å². The van der Waals surface area contributed by atoms with Crippen LogP contribution in [-0.2, 0) is 21.2 Å². The highest BCUT2D eigenvalue weighted by Gasteiger charge is 2.29. The Morgan fingerprint density at radius 3 is 2.58 bits per heavy atom. The van der Waals surface area contributed by atoms with Gasteiger partial charge in [-0.25, -0.2) is 8.42 Å². The van der Waals surface area contributed by atoms with Crippen LogP contribution < -0.4 is 5.32 Å². The van der Waals surface area contributed by atoms with Crippen molar-refractivity contribution >= 4 is 15.7 Å². The maximum atomic E-state index is 11.7. The minimum Gasteiger partial charge on any atom is -0.352 e. The summed E-state index contributed by atoms with van der Waals surface area (Å²) in [6.45, 7) is 2.52. The Morgan fingerprint density at radius 2 is 2.00 bits per heavy atom. The highest BCUT2D eigenvalue weighted by Crippen LogP contribution is 2.21. The fourth-order valence-electron chi connectivity index (χ4n) is 2.27. The van der Waals surface area contributed by atoms with E-state index in [1.54, 1.807) is 0 Å². The zero-order valence-electron chi connectivity index (χ0n) is 11.1. The molecule has 0 saturated carbocycles. The fourth-order valence-corrected chi connectivity index (χ4v) is 4.14. The normalized spacial score (nSPS) is 21.2. The molecule has 0 spiro atoms. The monoisotopic (exact) mass is 281 g/mol. The third-order valence-electron chi connectivity index (χ3n) is 3.41. The summed E-state index contributed by atoms with van der Waals surface area (Å²) in [5.74, 6) is 0.305. The summed E-state index contributed by atoms with van der Waals surface area (Å²) in [6, 6.07) is 7.97. The number of benzene rings is 1. The zero-order valence-corrected chi connectivity index (χ0v) is 11.9. The van der Waals surface area contributed by atoms with Gasteiger partial charge in [-0.3, -0.25) is 4.79 Å². The van der Waals surface area contributed by atoms with E-state index in [1.165, 1.54) is 5.56 Å². The molecule has 0 bridgehead atoms. The highest BCUT2D eigenvalue weighted by molar-refractivity contribution is 7.91. The molecular weight excluding hydrogens is 262 g/mol. The number of amides is 1. The lowest BCUT2D eigenvalue weighted by Gasteiger charge is -2.09. The van der Waals surface area contributed by atoms with Crippen LogP contribution in [0.4, 0.5) is 0 Å². The van der Waals surface area contributed by atoms with Gasteiger partial charge in [0.25, 0.3) is 0 Å². The molecule has 1 aromatic carbocycles. The summed E-state index contributed by atoms with van der Waals surface area (Å²) in [5, 5.41) is 2.84. The van der Waals surface area contributed by atoms with E-state index < -0.39 is 9.84 Å². The Labute approximate surface area is 114 Å². The summed E-state index contributed by atoms with van der Waals surface area (Å²) in [4.78, 5) is 11.7. The molecule has 4 nitrogen and oxygen atoms in total. The van der Waals surface area contributed by atoms with E-state index >= 15 is 0 Å². The lowest BCUT2D eigenvalue weighted by Crippen LogP contribution is -2.25. The number of carbonyl (C=O) groups excluding carboxylic acids is 1. The quantitative estimate of drug-likeness (QED) is 0.908. The molecular formula is C14H19NO3S. The van der Waals surface area contributed by atoms with Gasteiger partial charge in [-0.15, -0.1) is 0 Å². The molecule has 5 heteroatoms. The van der Waals surface area contributed by atoms with Gasteiger partial charge in [-0.05, 0) is 24.8 Å². The summed E-state index contributed by atoms with van der Waals surface area (Å²) in [5.41, 5.74) is 2.24. The average Bonchev–Trinajstić information content (AvgIpc) is 2.68. The van der Waals surface area contributed by atoms with Crippen molar-refractivity contribution in [1.29, 1.82) is 0 Å². The Bertz CT molecular complexity index is 549. The van der Waals surface area contributed by atoms with Crippen molar-refractivity contribution in [1.82, 2.24) is 5.32 Å². The van der Waals surface area contributed by atoms with Gasteiger partial charge >= 0.3 is 0 Å². The van der Waals surface area contributed by atoms with E-state index in [4.69, 9.17) is 0 Å². The minimum atomic E-state index is -2.89. The minimum absolute atomic E-state index is 0.0111. The molecule has 1 aromatic rings. The van der Waals surface area contributed by atoms with E-state index in [0.717, 1.165) is 5.56 Å². The smallest absolute Gasteiger partial charge is 0.220 e. The second-order valence-corrected chi connectivity index (χ2v) is 7.46. The van der Waals surface area contributed by atoms with Gasteiger partial charge in [-0.2, -0.15) is 0 Å². The van der Waals surface area contributed by atoms with Crippen LogP contribution in [0, 0.1) is 12.8 Å². The maximum absolute atomic E-state index is 11.7. The van der Waals surface area contributed by atoms with Crippen molar-refractivity contribution in [3.05, 3.63) is 35.4 Å². The molecule has 1 aliphatic heterocycles. The third-order valence-corrected chi connectivity index (χ3v) is 5.25. The van der Waals surface area contributed by atoms with Crippen LogP contribution in [0.15, 0.2) is 24.3 Å². The van der Waals surface area contributed by atoms with Gasteiger partial charge in [0.05, 0.1) is 11.5 Å². The van der Waals surface area contributed by atoms with Crippen molar-refractivity contribution in [2.45, 2.75) is 26.3 Å². The predicted octanol–water partition coefficient (Wildman–Crippen LogP) is 1.44. The SMILES string of the molecule is Cc1ccc(CNC(=O)C[C@H]2CCS(=O)(=O)C2)cc1. The Morgan fingerprint density at radius 1 is 1.32 bits per heavy atom. The topological polar surface area (TPSA) is 63.2 Å². The van der Waals surface area contributed by atoms with Gasteiger partial charge in [0, 0.05) is 13.0 Å². The molecule has 0 radical (unpaired) electrons. The molecule has 0 aromatic heterocycles.